The molecule has 4 heteroatoms. The van der Waals surface area contributed by atoms with Crippen LogP contribution < -0.4 is 10.2 Å². The molecule has 0 radical (unpaired) electrons. The number of hydrogen-bond donors (Lipinski definition) is 1. The quantitative estimate of drug-likeness (QED) is 0.502. The zero-order valence-corrected chi connectivity index (χ0v) is 11.5. The second-order valence-corrected chi connectivity index (χ2v) is 4.24. The minimum atomic E-state index is -0.245. The third-order valence-electron chi connectivity index (χ3n) is 2.64. The van der Waals surface area contributed by atoms with Gasteiger partial charge in [-0.1, -0.05) is 43.0 Å². The van der Waals surface area contributed by atoms with E-state index in [2.05, 4.69) is 17.1 Å². The summed E-state index contributed by atoms with van der Waals surface area (Å²) in [5.74, 6) is 0.485. The molecule has 2 aromatic rings. The third kappa shape index (κ3) is 4.62. The molecule has 0 aliphatic rings. The largest absolute Gasteiger partial charge is 0.490 e. The van der Waals surface area contributed by atoms with Gasteiger partial charge in [0, 0.05) is 5.56 Å². The van der Waals surface area contributed by atoms with Crippen molar-refractivity contribution in [3.8, 4) is 5.75 Å². The number of rotatable bonds is 6. The summed E-state index contributed by atoms with van der Waals surface area (Å²) >= 11 is 0. The topological polar surface area (TPSA) is 50.7 Å². The van der Waals surface area contributed by atoms with Crippen LogP contribution in [0.15, 0.2) is 72.4 Å². The van der Waals surface area contributed by atoms with Gasteiger partial charge in [0.1, 0.15) is 12.4 Å². The van der Waals surface area contributed by atoms with Crippen LogP contribution in [0.25, 0.3) is 0 Å². The molecule has 0 saturated heterocycles. The van der Waals surface area contributed by atoms with Gasteiger partial charge in [-0.3, -0.25) is 4.79 Å². The summed E-state index contributed by atoms with van der Waals surface area (Å²) in [4.78, 5) is 11.8. The van der Waals surface area contributed by atoms with E-state index in [1.807, 2.05) is 30.3 Å². The molecule has 0 fully saturated rings. The summed E-state index contributed by atoms with van der Waals surface area (Å²) < 4.78 is 5.43. The van der Waals surface area contributed by atoms with Gasteiger partial charge in [0.2, 0.25) is 0 Å². The van der Waals surface area contributed by atoms with Crippen LogP contribution in [0.3, 0.4) is 0 Å². The van der Waals surface area contributed by atoms with Crippen molar-refractivity contribution in [1.82, 2.24) is 5.43 Å². The van der Waals surface area contributed by atoms with Crippen LogP contribution in [-0.4, -0.2) is 18.7 Å². The fourth-order valence-electron chi connectivity index (χ4n) is 1.66. The number of carbonyl (C=O) groups excluding carboxylic acids is 1. The lowest BCUT2D eigenvalue weighted by atomic mass is 10.2. The van der Waals surface area contributed by atoms with Gasteiger partial charge in [0.05, 0.1) is 6.21 Å². The SMILES string of the molecule is C=CCOc1cccc(/C=N/NC(=O)c2ccccc2)c1. The predicted molar refractivity (Wildman–Crippen MR) is 83.6 cm³/mol. The molecule has 0 heterocycles. The van der Waals surface area contributed by atoms with Gasteiger partial charge in [-0.15, -0.1) is 0 Å². The first-order valence-electron chi connectivity index (χ1n) is 6.52. The predicted octanol–water partition coefficient (Wildman–Crippen LogP) is 3.02. The van der Waals surface area contributed by atoms with Crippen molar-refractivity contribution in [3.05, 3.63) is 78.4 Å². The smallest absolute Gasteiger partial charge is 0.271 e. The zero-order chi connectivity index (χ0) is 14.9. The summed E-state index contributed by atoms with van der Waals surface area (Å²) in [5.41, 5.74) is 3.89. The summed E-state index contributed by atoms with van der Waals surface area (Å²) in [6.45, 7) is 4.05. The standard InChI is InChI=1S/C17H16N2O2/c1-2-11-21-16-10-6-7-14(12-16)13-18-19-17(20)15-8-4-3-5-9-15/h2-10,12-13H,1,11H2,(H,19,20)/b18-13+. The van der Waals surface area contributed by atoms with E-state index in [-0.39, 0.29) is 5.91 Å². The van der Waals surface area contributed by atoms with E-state index >= 15 is 0 Å². The number of hydrazone groups is 1. The highest BCUT2D eigenvalue weighted by Crippen LogP contribution is 2.11. The van der Waals surface area contributed by atoms with E-state index in [0.717, 1.165) is 11.3 Å². The summed E-state index contributed by atoms with van der Waals surface area (Å²) in [7, 11) is 0. The second-order valence-electron chi connectivity index (χ2n) is 4.24. The first kappa shape index (κ1) is 14.5. The molecule has 0 unspecified atom stereocenters. The number of amides is 1. The monoisotopic (exact) mass is 280 g/mol. The molecule has 0 aromatic heterocycles. The van der Waals surface area contributed by atoms with Crippen LogP contribution >= 0.6 is 0 Å². The van der Waals surface area contributed by atoms with E-state index in [9.17, 15) is 4.79 Å². The molecule has 0 aliphatic heterocycles. The first-order valence-corrected chi connectivity index (χ1v) is 6.52. The molecule has 2 aromatic carbocycles. The Bertz CT molecular complexity index is 636. The van der Waals surface area contributed by atoms with Gasteiger partial charge >= 0.3 is 0 Å². The van der Waals surface area contributed by atoms with Crippen molar-refractivity contribution >= 4 is 12.1 Å². The Morgan fingerprint density at radius 3 is 2.76 bits per heavy atom. The molecule has 0 bridgehead atoms. The maximum Gasteiger partial charge on any atom is 0.271 e. The number of nitrogens with zero attached hydrogens (tertiary/aromatic N) is 1. The van der Waals surface area contributed by atoms with Gasteiger partial charge in [0.25, 0.3) is 5.91 Å². The zero-order valence-electron chi connectivity index (χ0n) is 11.5. The normalized spacial score (nSPS) is 10.3. The van der Waals surface area contributed by atoms with Gasteiger partial charge in [-0.05, 0) is 29.8 Å². The number of carbonyl (C=O) groups is 1. The highest BCUT2D eigenvalue weighted by Gasteiger charge is 2.01. The average Bonchev–Trinajstić information content (AvgIpc) is 2.54. The molecule has 0 saturated carbocycles. The molecule has 0 spiro atoms. The lowest BCUT2D eigenvalue weighted by molar-refractivity contribution is 0.0955. The third-order valence-corrected chi connectivity index (χ3v) is 2.64. The maximum atomic E-state index is 11.8. The second kappa shape index (κ2) is 7.65. The molecule has 106 valence electrons. The highest BCUT2D eigenvalue weighted by atomic mass is 16.5. The number of ether oxygens (including phenoxy) is 1. The summed E-state index contributed by atoms with van der Waals surface area (Å²) in [6.07, 6.45) is 3.25. The Labute approximate surface area is 123 Å². The van der Waals surface area contributed by atoms with Crippen molar-refractivity contribution in [2.24, 2.45) is 5.10 Å². The lowest BCUT2D eigenvalue weighted by Crippen LogP contribution is -2.17. The van der Waals surface area contributed by atoms with E-state index in [0.29, 0.717) is 12.2 Å². The summed E-state index contributed by atoms with van der Waals surface area (Å²) in [5, 5.41) is 3.94. The van der Waals surface area contributed by atoms with E-state index in [1.165, 1.54) is 0 Å². The van der Waals surface area contributed by atoms with Gasteiger partial charge < -0.3 is 4.74 Å². The lowest BCUT2D eigenvalue weighted by Gasteiger charge is -2.03. The van der Waals surface area contributed by atoms with Gasteiger partial charge in [0.15, 0.2) is 0 Å². The Kier molecular flexibility index (Phi) is 5.29. The minimum absolute atomic E-state index is 0.245. The Morgan fingerprint density at radius 1 is 1.19 bits per heavy atom. The minimum Gasteiger partial charge on any atom is -0.490 e. The number of benzene rings is 2. The molecular weight excluding hydrogens is 264 g/mol. The van der Waals surface area contributed by atoms with Crippen LogP contribution in [-0.2, 0) is 0 Å². The fraction of sp³-hybridized carbons (Fsp3) is 0.0588. The van der Waals surface area contributed by atoms with Gasteiger partial charge in [-0.2, -0.15) is 5.10 Å². The van der Waals surface area contributed by atoms with Crippen LogP contribution in [0, 0.1) is 0 Å². The van der Waals surface area contributed by atoms with E-state index in [4.69, 9.17) is 4.74 Å². The van der Waals surface area contributed by atoms with Crippen molar-refractivity contribution in [2.45, 2.75) is 0 Å². The molecule has 0 aliphatic carbocycles. The van der Waals surface area contributed by atoms with Gasteiger partial charge in [-0.25, -0.2) is 5.43 Å². The molecule has 0 atom stereocenters. The molecule has 2 rings (SSSR count). The number of nitrogens with one attached hydrogen (secondary N) is 1. The average molecular weight is 280 g/mol. The Morgan fingerprint density at radius 2 is 2.00 bits per heavy atom. The Balaban J connectivity index is 1.95. The first-order chi connectivity index (χ1) is 10.3. The molecule has 1 N–H and O–H groups in total. The Hall–Kier alpha value is -2.88. The van der Waals surface area contributed by atoms with Crippen molar-refractivity contribution in [1.29, 1.82) is 0 Å². The van der Waals surface area contributed by atoms with Crippen molar-refractivity contribution < 1.29 is 9.53 Å². The molecule has 1 amide bonds. The van der Waals surface area contributed by atoms with Crippen LogP contribution in [0.2, 0.25) is 0 Å². The fourth-order valence-corrected chi connectivity index (χ4v) is 1.66. The van der Waals surface area contributed by atoms with Crippen molar-refractivity contribution in [2.75, 3.05) is 6.61 Å². The van der Waals surface area contributed by atoms with E-state index < -0.39 is 0 Å². The summed E-state index contributed by atoms with van der Waals surface area (Å²) in [6, 6.07) is 16.3. The maximum absolute atomic E-state index is 11.8. The number of hydrogen-bond acceptors (Lipinski definition) is 3. The van der Waals surface area contributed by atoms with Crippen molar-refractivity contribution in [3.63, 3.8) is 0 Å². The molecule has 4 nitrogen and oxygen atoms in total. The van der Waals surface area contributed by atoms with E-state index in [1.54, 1.807) is 36.6 Å². The molecule has 21 heavy (non-hydrogen) atoms. The molecular formula is C17H16N2O2. The highest BCUT2D eigenvalue weighted by molar-refractivity contribution is 5.94. The van der Waals surface area contributed by atoms with Crippen LogP contribution in [0.4, 0.5) is 0 Å². The van der Waals surface area contributed by atoms with Crippen LogP contribution in [0.5, 0.6) is 5.75 Å². The van der Waals surface area contributed by atoms with Crippen LogP contribution in [0.1, 0.15) is 15.9 Å².